The SMILES string of the molecule is C.C.C.C.CB(O)O.CB1OC(C)(C)C(C)(C)O1. The first-order chi connectivity index (χ1) is 6.08. The van der Waals surface area contributed by atoms with Gasteiger partial charge in [-0.1, -0.05) is 29.7 Å². The molecule has 1 rings (SSSR count). The van der Waals surface area contributed by atoms with Gasteiger partial charge in [-0.15, -0.1) is 0 Å². The van der Waals surface area contributed by atoms with Crippen LogP contribution in [0.1, 0.15) is 57.4 Å². The summed E-state index contributed by atoms with van der Waals surface area (Å²) in [4.78, 5) is 0. The Bertz CT molecular complexity index is 166. The highest BCUT2D eigenvalue weighted by atomic mass is 16.7. The van der Waals surface area contributed by atoms with E-state index in [0.717, 1.165) is 0 Å². The second kappa shape index (κ2) is 10.9. The summed E-state index contributed by atoms with van der Waals surface area (Å²) in [5.74, 6) is 0. The van der Waals surface area contributed by atoms with Gasteiger partial charge in [-0.3, -0.25) is 0 Å². The molecule has 114 valence electrons. The molecule has 6 heteroatoms. The molecule has 0 saturated carbocycles. The van der Waals surface area contributed by atoms with Gasteiger partial charge in [0.1, 0.15) is 0 Å². The third-order valence-corrected chi connectivity index (χ3v) is 2.37. The van der Waals surface area contributed by atoms with Gasteiger partial charge in [0.15, 0.2) is 0 Å². The molecular weight excluding hydrogens is 230 g/mol. The predicted molar refractivity (Wildman–Crippen MR) is 84.9 cm³/mol. The average molecular weight is 266 g/mol. The van der Waals surface area contributed by atoms with Gasteiger partial charge in [0.25, 0.3) is 0 Å². The number of hydrogen-bond acceptors (Lipinski definition) is 4. The van der Waals surface area contributed by atoms with E-state index in [-0.39, 0.29) is 48.0 Å². The molecule has 0 atom stereocenters. The van der Waals surface area contributed by atoms with E-state index in [9.17, 15) is 0 Å². The van der Waals surface area contributed by atoms with E-state index in [1.807, 2.05) is 6.82 Å². The fourth-order valence-electron chi connectivity index (χ4n) is 1.14. The molecule has 1 saturated heterocycles. The largest absolute Gasteiger partial charge is 0.454 e. The Kier molecular flexibility index (Phi) is 18.5. The third kappa shape index (κ3) is 9.95. The molecule has 4 nitrogen and oxygen atoms in total. The third-order valence-electron chi connectivity index (χ3n) is 2.37. The van der Waals surface area contributed by atoms with E-state index in [2.05, 4.69) is 27.7 Å². The lowest BCUT2D eigenvalue weighted by Crippen LogP contribution is -2.41. The van der Waals surface area contributed by atoms with Gasteiger partial charge in [-0.05, 0) is 41.3 Å². The molecule has 0 aromatic heterocycles. The van der Waals surface area contributed by atoms with Crippen LogP contribution in [0.3, 0.4) is 0 Å². The highest BCUT2D eigenvalue weighted by molar-refractivity contribution is 6.43. The van der Waals surface area contributed by atoms with Crippen molar-refractivity contribution in [3.8, 4) is 0 Å². The topological polar surface area (TPSA) is 58.9 Å². The van der Waals surface area contributed by atoms with Crippen molar-refractivity contribution in [1.29, 1.82) is 0 Å². The first kappa shape index (κ1) is 30.8. The lowest BCUT2D eigenvalue weighted by molar-refractivity contribution is 0.00578. The quantitative estimate of drug-likeness (QED) is 0.660. The molecule has 1 aliphatic heterocycles. The van der Waals surface area contributed by atoms with Crippen LogP contribution in [0, 0.1) is 0 Å². The van der Waals surface area contributed by atoms with Crippen LogP contribution in [-0.2, 0) is 9.31 Å². The molecule has 0 aromatic carbocycles. The first-order valence-electron chi connectivity index (χ1n) is 4.80. The van der Waals surface area contributed by atoms with Crippen molar-refractivity contribution in [3.05, 3.63) is 0 Å². The van der Waals surface area contributed by atoms with E-state index in [1.165, 1.54) is 6.82 Å². The van der Waals surface area contributed by atoms with Crippen molar-refractivity contribution in [2.24, 2.45) is 0 Å². The summed E-state index contributed by atoms with van der Waals surface area (Å²) in [6.07, 6.45) is 0. The molecular formula is C12H36B2O4. The molecule has 0 bridgehead atoms. The van der Waals surface area contributed by atoms with Crippen LogP contribution in [0.15, 0.2) is 0 Å². The van der Waals surface area contributed by atoms with Crippen molar-refractivity contribution in [2.75, 3.05) is 0 Å². The summed E-state index contributed by atoms with van der Waals surface area (Å²) in [5.41, 5.74) is -0.321. The molecule has 0 unspecified atom stereocenters. The molecule has 18 heavy (non-hydrogen) atoms. The molecule has 1 heterocycles. The molecule has 0 spiro atoms. The van der Waals surface area contributed by atoms with Gasteiger partial charge >= 0.3 is 14.2 Å². The number of hydrogen-bond donors (Lipinski definition) is 2. The minimum absolute atomic E-state index is 0. The maximum absolute atomic E-state index is 7.61. The van der Waals surface area contributed by atoms with Crippen LogP contribution in [0.5, 0.6) is 0 Å². The van der Waals surface area contributed by atoms with Crippen molar-refractivity contribution in [1.82, 2.24) is 0 Å². The summed E-state index contributed by atoms with van der Waals surface area (Å²) >= 11 is 0. The Morgan fingerprint density at radius 1 is 0.833 bits per heavy atom. The van der Waals surface area contributed by atoms with E-state index in [4.69, 9.17) is 19.4 Å². The summed E-state index contributed by atoms with van der Waals surface area (Å²) < 4.78 is 11.1. The Labute approximate surface area is 116 Å². The van der Waals surface area contributed by atoms with E-state index in [0.29, 0.717) is 0 Å². The highest BCUT2D eigenvalue weighted by Gasteiger charge is 2.48. The molecule has 2 N–H and O–H groups in total. The molecule has 0 aromatic rings. The molecule has 1 aliphatic rings. The standard InChI is InChI=1S/C7H15BO2.CH5BO2.4CH4/c1-6(2)7(3,4)10-8(5)9-6;1-2(3)4;;;;/h1-5H3;3-4H,1H3;4*1H4. The van der Waals surface area contributed by atoms with E-state index < -0.39 is 7.12 Å². The Balaban J connectivity index is -0.0000000635. The van der Waals surface area contributed by atoms with Crippen LogP contribution in [-0.4, -0.2) is 35.5 Å². The summed E-state index contributed by atoms with van der Waals surface area (Å²) in [7, 11) is -1.23. The monoisotopic (exact) mass is 266 g/mol. The first-order valence-corrected chi connectivity index (χ1v) is 4.80. The van der Waals surface area contributed by atoms with Crippen molar-refractivity contribution in [3.63, 3.8) is 0 Å². The van der Waals surface area contributed by atoms with Crippen molar-refractivity contribution < 1.29 is 19.4 Å². The summed E-state index contributed by atoms with van der Waals surface area (Å²) in [6, 6.07) is 0. The summed E-state index contributed by atoms with van der Waals surface area (Å²) in [6.45, 7) is 11.4. The van der Waals surface area contributed by atoms with Gasteiger partial charge in [0.05, 0.1) is 11.2 Å². The van der Waals surface area contributed by atoms with Gasteiger partial charge in [-0.2, -0.15) is 0 Å². The average Bonchev–Trinajstić information content (AvgIpc) is 1.96. The fraction of sp³-hybridized carbons (Fsp3) is 1.00. The second-order valence-corrected chi connectivity index (χ2v) is 4.46. The summed E-state index contributed by atoms with van der Waals surface area (Å²) in [5, 5.41) is 15.2. The minimum atomic E-state index is -1.17. The number of rotatable bonds is 0. The van der Waals surface area contributed by atoms with Crippen LogP contribution in [0.25, 0.3) is 0 Å². The zero-order chi connectivity index (χ0) is 11.6. The lowest BCUT2D eigenvalue weighted by Gasteiger charge is -2.32. The van der Waals surface area contributed by atoms with E-state index in [1.54, 1.807) is 0 Å². The zero-order valence-electron chi connectivity index (χ0n) is 9.87. The minimum Gasteiger partial charge on any atom is -0.427 e. The van der Waals surface area contributed by atoms with Gasteiger partial charge in [-0.25, -0.2) is 0 Å². The van der Waals surface area contributed by atoms with Gasteiger partial charge in [0, 0.05) is 0 Å². The Morgan fingerprint density at radius 3 is 1.06 bits per heavy atom. The fourth-order valence-corrected chi connectivity index (χ4v) is 1.14. The van der Waals surface area contributed by atoms with Crippen LogP contribution < -0.4 is 0 Å². The molecule has 0 radical (unpaired) electrons. The van der Waals surface area contributed by atoms with Crippen molar-refractivity contribution >= 4 is 14.2 Å². The Hall–Kier alpha value is -0.0301. The molecule has 0 aliphatic carbocycles. The van der Waals surface area contributed by atoms with Crippen molar-refractivity contribution in [2.45, 2.75) is 82.2 Å². The maximum Gasteiger partial charge on any atom is 0.454 e. The van der Waals surface area contributed by atoms with E-state index >= 15 is 0 Å². The molecule has 0 amide bonds. The zero-order valence-corrected chi connectivity index (χ0v) is 9.87. The highest BCUT2D eigenvalue weighted by Crippen LogP contribution is 2.36. The normalized spacial score (nSPS) is 17.7. The lowest BCUT2D eigenvalue weighted by atomic mass is 9.90. The van der Waals surface area contributed by atoms with Crippen LogP contribution in [0.2, 0.25) is 13.6 Å². The Morgan fingerprint density at radius 2 is 1.00 bits per heavy atom. The van der Waals surface area contributed by atoms with Crippen LogP contribution in [0.4, 0.5) is 0 Å². The smallest absolute Gasteiger partial charge is 0.427 e. The van der Waals surface area contributed by atoms with Gasteiger partial charge < -0.3 is 19.4 Å². The molecule has 1 fully saturated rings. The second-order valence-electron chi connectivity index (χ2n) is 4.46. The van der Waals surface area contributed by atoms with Gasteiger partial charge in [0.2, 0.25) is 0 Å². The maximum atomic E-state index is 7.61. The predicted octanol–water partition coefficient (Wildman–Crippen LogP) is 3.34. The van der Waals surface area contributed by atoms with Crippen LogP contribution >= 0.6 is 0 Å².